The Morgan fingerprint density at radius 2 is 1.66 bits per heavy atom. The van der Waals surface area contributed by atoms with E-state index < -0.39 is 11.7 Å². The summed E-state index contributed by atoms with van der Waals surface area (Å²) in [6, 6.07) is 18.5. The minimum atomic E-state index is -4.49. The number of hydrogen-bond acceptors (Lipinski definition) is 5. The van der Waals surface area contributed by atoms with Gasteiger partial charge in [0, 0.05) is 42.5 Å². The van der Waals surface area contributed by atoms with Gasteiger partial charge in [0.05, 0.1) is 24.0 Å². The molecule has 35 heavy (non-hydrogen) atoms. The first-order valence-electron chi connectivity index (χ1n) is 11.1. The number of halogens is 4. The number of nitrogens with zero attached hydrogens (tertiary/aromatic N) is 4. The van der Waals surface area contributed by atoms with Crippen LogP contribution in [0.5, 0.6) is 5.75 Å². The first kappa shape index (κ1) is 23.4. The van der Waals surface area contributed by atoms with E-state index in [1.165, 1.54) is 13.2 Å². The fraction of sp³-hybridized carbons (Fsp3) is 0.231. The molecule has 1 saturated heterocycles. The first-order chi connectivity index (χ1) is 16.8. The molecule has 0 spiro atoms. The highest BCUT2D eigenvalue weighted by Crippen LogP contribution is 2.40. The van der Waals surface area contributed by atoms with Crippen molar-refractivity contribution in [3.05, 3.63) is 89.4 Å². The Bertz CT molecular complexity index is 1260. The van der Waals surface area contributed by atoms with Gasteiger partial charge in [-0.15, -0.1) is 0 Å². The van der Waals surface area contributed by atoms with Crippen LogP contribution in [0.1, 0.15) is 11.1 Å². The van der Waals surface area contributed by atoms with Gasteiger partial charge < -0.3 is 14.5 Å². The fourth-order valence-corrected chi connectivity index (χ4v) is 4.44. The summed E-state index contributed by atoms with van der Waals surface area (Å²) in [4.78, 5) is 10.7. The van der Waals surface area contributed by atoms with Gasteiger partial charge in [0.25, 0.3) is 0 Å². The zero-order valence-corrected chi connectivity index (χ0v) is 19.6. The Balaban J connectivity index is 1.49. The van der Waals surface area contributed by atoms with Crippen molar-refractivity contribution in [2.75, 3.05) is 43.1 Å². The minimum absolute atomic E-state index is 0.229. The summed E-state index contributed by atoms with van der Waals surface area (Å²) >= 11 is 6.16. The molecule has 5 nitrogen and oxygen atoms in total. The third kappa shape index (κ3) is 4.75. The highest BCUT2D eigenvalue weighted by atomic mass is 35.5. The Morgan fingerprint density at radius 1 is 0.914 bits per heavy atom. The Morgan fingerprint density at radius 3 is 2.37 bits per heavy atom. The molecular formula is C26H22ClF3N4O. The molecule has 180 valence electrons. The van der Waals surface area contributed by atoms with E-state index in [0.717, 1.165) is 17.8 Å². The normalized spacial score (nSPS) is 16.1. The molecule has 3 aromatic carbocycles. The smallest absolute Gasteiger partial charge is 0.416 e. The lowest BCUT2D eigenvalue weighted by Gasteiger charge is -2.42. The third-order valence-electron chi connectivity index (χ3n) is 6.04. The Hall–Kier alpha value is -3.39. The Kier molecular flexibility index (Phi) is 6.23. The van der Waals surface area contributed by atoms with E-state index in [4.69, 9.17) is 21.3 Å². The number of piperazine rings is 1. The van der Waals surface area contributed by atoms with Gasteiger partial charge in [0.15, 0.2) is 0 Å². The molecule has 0 amide bonds. The third-order valence-corrected chi connectivity index (χ3v) is 6.27. The number of guanidine groups is 1. The van der Waals surface area contributed by atoms with Gasteiger partial charge in [-0.25, -0.2) is 4.99 Å². The summed E-state index contributed by atoms with van der Waals surface area (Å²) in [5, 5.41) is 0.671. The van der Waals surface area contributed by atoms with Crippen LogP contribution < -0.4 is 14.5 Å². The van der Waals surface area contributed by atoms with Crippen LogP contribution in [0.2, 0.25) is 5.02 Å². The van der Waals surface area contributed by atoms with Crippen LogP contribution in [0.3, 0.4) is 0 Å². The molecule has 5 rings (SSSR count). The van der Waals surface area contributed by atoms with Crippen molar-refractivity contribution < 1.29 is 17.9 Å². The van der Waals surface area contributed by atoms with Gasteiger partial charge in [-0.1, -0.05) is 35.9 Å². The van der Waals surface area contributed by atoms with Crippen LogP contribution in [0.15, 0.2) is 71.7 Å². The maximum atomic E-state index is 13.6. The lowest BCUT2D eigenvalue weighted by Crippen LogP contribution is -2.54. The molecule has 2 aliphatic heterocycles. The highest BCUT2D eigenvalue weighted by molar-refractivity contribution is 6.30. The molecule has 0 N–H and O–H groups in total. The van der Waals surface area contributed by atoms with Crippen molar-refractivity contribution in [2.45, 2.75) is 6.18 Å². The number of anilines is 2. The van der Waals surface area contributed by atoms with E-state index in [9.17, 15) is 13.2 Å². The van der Waals surface area contributed by atoms with Crippen LogP contribution in [-0.4, -0.2) is 44.1 Å². The predicted molar refractivity (Wildman–Crippen MR) is 132 cm³/mol. The molecule has 0 aliphatic carbocycles. The van der Waals surface area contributed by atoms with Crippen LogP contribution in [0.25, 0.3) is 0 Å². The standard InChI is InChI=1S/C26H22ClF3N4O/c1-35-24-10-9-19(26(28,29)30)15-23(24)34-17-18-5-2-3-8-22(18)31-25(34)33-13-11-32(12-14-33)21-7-4-6-20(27)16-21/h2-10,15-16H,11-14H2,1H3. The molecule has 2 aliphatic rings. The van der Waals surface area contributed by atoms with E-state index in [1.807, 2.05) is 48.5 Å². The summed E-state index contributed by atoms with van der Waals surface area (Å²) in [6.07, 6.45) is -4.49. The summed E-state index contributed by atoms with van der Waals surface area (Å²) in [6.45, 7) is 5.89. The van der Waals surface area contributed by atoms with Crippen molar-refractivity contribution in [3.63, 3.8) is 0 Å². The number of benzene rings is 3. The molecule has 0 aromatic heterocycles. The summed E-state index contributed by atoms with van der Waals surface area (Å²) in [7, 11) is 1.44. The number of hydrogen-bond donors (Lipinski definition) is 0. The molecule has 0 bridgehead atoms. The predicted octanol–water partition coefficient (Wildman–Crippen LogP) is 6.08. The molecule has 2 heterocycles. The van der Waals surface area contributed by atoms with Crippen molar-refractivity contribution >= 4 is 34.6 Å². The fourth-order valence-electron chi connectivity index (χ4n) is 4.25. The van der Waals surface area contributed by atoms with E-state index in [1.54, 1.807) is 4.90 Å². The average molecular weight is 499 g/mol. The first-order valence-corrected chi connectivity index (χ1v) is 11.5. The number of alkyl halides is 3. The molecule has 0 atom stereocenters. The quantitative estimate of drug-likeness (QED) is 0.437. The van der Waals surface area contributed by atoms with E-state index >= 15 is 0 Å². The number of aliphatic imine (C=N–C) groups is 1. The van der Waals surface area contributed by atoms with Crippen LogP contribution in [0, 0.1) is 6.54 Å². The van der Waals surface area contributed by atoms with E-state index in [-0.39, 0.29) is 5.69 Å². The zero-order valence-electron chi connectivity index (χ0n) is 18.9. The van der Waals surface area contributed by atoms with Crippen molar-refractivity contribution in [3.8, 4) is 5.75 Å². The second-order valence-electron chi connectivity index (χ2n) is 8.21. The molecule has 3 aromatic rings. The monoisotopic (exact) mass is 498 g/mol. The van der Waals surface area contributed by atoms with E-state index in [2.05, 4.69) is 16.3 Å². The maximum Gasteiger partial charge on any atom is 0.416 e. The van der Waals surface area contributed by atoms with Crippen LogP contribution >= 0.6 is 11.6 Å². The van der Waals surface area contributed by atoms with Gasteiger partial charge in [-0.05, 0) is 42.5 Å². The lowest BCUT2D eigenvalue weighted by molar-refractivity contribution is -0.137. The van der Waals surface area contributed by atoms with Gasteiger partial charge in [-0.2, -0.15) is 13.2 Å². The van der Waals surface area contributed by atoms with E-state index in [0.29, 0.717) is 54.2 Å². The van der Waals surface area contributed by atoms with Gasteiger partial charge >= 0.3 is 6.18 Å². The number of rotatable bonds is 3. The SMILES string of the molecule is COc1ccc(C(F)(F)F)cc1N1[C]c2ccccc2N=C1N1CCN(c2cccc(Cl)c2)CC1. The van der Waals surface area contributed by atoms with Crippen LogP contribution in [0.4, 0.5) is 30.2 Å². The molecule has 2 radical (unpaired) electrons. The summed E-state index contributed by atoms with van der Waals surface area (Å²) in [5.74, 6) is 0.808. The molecule has 1 fully saturated rings. The van der Waals surface area contributed by atoms with Gasteiger partial charge in [0.1, 0.15) is 12.3 Å². The topological polar surface area (TPSA) is 31.3 Å². The molecule has 0 unspecified atom stereocenters. The van der Waals surface area contributed by atoms with Crippen molar-refractivity contribution in [1.29, 1.82) is 0 Å². The number of fused-ring (bicyclic) bond motifs is 1. The number of methoxy groups -OCH3 is 1. The highest BCUT2D eigenvalue weighted by Gasteiger charge is 2.35. The van der Waals surface area contributed by atoms with Gasteiger partial charge in [0.2, 0.25) is 5.96 Å². The number of ether oxygens (including phenoxy) is 1. The summed E-state index contributed by atoms with van der Waals surface area (Å²) < 4.78 is 46.1. The zero-order chi connectivity index (χ0) is 24.6. The minimum Gasteiger partial charge on any atom is -0.495 e. The second kappa shape index (κ2) is 9.34. The van der Waals surface area contributed by atoms with Gasteiger partial charge in [-0.3, -0.25) is 4.90 Å². The average Bonchev–Trinajstić information content (AvgIpc) is 2.87. The Labute approximate surface area is 207 Å². The van der Waals surface area contributed by atoms with Crippen LogP contribution in [-0.2, 0) is 6.18 Å². The molecule has 9 heteroatoms. The summed E-state index contributed by atoms with van der Waals surface area (Å²) in [5.41, 5.74) is 1.89. The molecule has 0 saturated carbocycles. The lowest BCUT2D eigenvalue weighted by atomic mass is 10.1. The van der Waals surface area contributed by atoms with Crippen molar-refractivity contribution in [1.82, 2.24) is 4.90 Å². The maximum absolute atomic E-state index is 13.6. The molecular weight excluding hydrogens is 477 g/mol. The number of para-hydroxylation sites is 1. The second-order valence-corrected chi connectivity index (χ2v) is 8.65. The largest absolute Gasteiger partial charge is 0.495 e. The van der Waals surface area contributed by atoms with Crippen molar-refractivity contribution in [2.24, 2.45) is 4.99 Å².